The Balaban J connectivity index is 2.63. The second kappa shape index (κ2) is 6.17. The van der Waals surface area contributed by atoms with Crippen LogP contribution in [0.3, 0.4) is 0 Å². The van der Waals surface area contributed by atoms with Crippen LogP contribution in [-0.4, -0.2) is 26.6 Å². The normalized spacial score (nSPS) is 11.3. The van der Waals surface area contributed by atoms with Gasteiger partial charge in [-0.05, 0) is 31.5 Å². The van der Waals surface area contributed by atoms with Crippen LogP contribution in [-0.2, 0) is 14.8 Å². The van der Waals surface area contributed by atoms with E-state index in [1.54, 1.807) is 25.1 Å². The van der Waals surface area contributed by atoms with Gasteiger partial charge in [-0.2, -0.15) is 0 Å². The van der Waals surface area contributed by atoms with Gasteiger partial charge in [-0.1, -0.05) is 17.7 Å². The monoisotopic (exact) mass is 290 g/mol. The zero-order valence-corrected chi connectivity index (χ0v) is 11.7. The molecule has 18 heavy (non-hydrogen) atoms. The Labute approximate surface area is 112 Å². The van der Waals surface area contributed by atoms with E-state index in [2.05, 4.69) is 10.0 Å². The van der Waals surface area contributed by atoms with Crippen LogP contribution in [0.15, 0.2) is 18.2 Å². The highest BCUT2D eigenvalue weighted by Gasteiger charge is 2.11. The van der Waals surface area contributed by atoms with E-state index in [4.69, 9.17) is 11.6 Å². The van der Waals surface area contributed by atoms with E-state index in [0.717, 1.165) is 5.56 Å². The number of nitrogens with one attached hydrogen (secondary N) is 2. The van der Waals surface area contributed by atoms with E-state index in [1.165, 1.54) is 6.92 Å². The van der Waals surface area contributed by atoms with Crippen molar-refractivity contribution in [3.05, 3.63) is 28.8 Å². The minimum absolute atomic E-state index is 0.0591. The Bertz CT molecular complexity index is 543. The maximum absolute atomic E-state index is 11.6. The van der Waals surface area contributed by atoms with E-state index in [9.17, 15) is 13.2 Å². The third-order valence-corrected chi connectivity index (χ3v) is 4.13. The topological polar surface area (TPSA) is 75.3 Å². The fraction of sp³-hybridized carbons (Fsp3) is 0.364. The zero-order valence-electron chi connectivity index (χ0n) is 10.2. The van der Waals surface area contributed by atoms with Gasteiger partial charge in [-0.3, -0.25) is 4.79 Å². The number of anilines is 1. The van der Waals surface area contributed by atoms with Crippen LogP contribution in [0.4, 0.5) is 5.69 Å². The first-order valence-electron chi connectivity index (χ1n) is 5.38. The van der Waals surface area contributed by atoms with Crippen molar-refractivity contribution >= 4 is 33.2 Å². The number of amides is 1. The number of hydrogen-bond donors (Lipinski definition) is 2. The second-order valence-corrected chi connectivity index (χ2v) is 6.19. The summed E-state index contributed by atoms with van der Waals surface area (Å²) in [6.45, 7) is 2.98. The third-order valence-electron chi connectivity index (χ3n) is 2.37. The quantitative estimate of drug-likeness (QED) is 0.863. The minimum atomic E-state index is -3.36. The van der Waals surface area contributed by atoms with Crippen LogP contribution in [0.2, 0.25) is 5.02 Å². The molecular weight excluding hydrogens is 276 g/mol. The predicted octanol–water partition coefficient (Wildman–Crippen LogP) is 1.53. The fourth-order valence-corrected chi connectivity index (χ4v) is 1.94. The third kappa shape index (κ3) is 4.29. The molecule has 0 atom stereocenters. The Kier molecular flexibility index (Phi) is 5.13. The van der Waals surface area contributed by atoms with E-state index in [-0.39, 0.29) is 12.3 Å². The number of carbonyl (C=O) groups is 1. The van der Waals surface area contributed by atoms with Gasteiger partial charge in [-0.15, -0.1) is 0 Å². The average molecular weight is 291 g/mol. The number of sulfonamides is 1. The number of hydrogen-bond acceptors (Lipinski definition) is 3. The molecule has 0 radical (unpaired) electrons. The van der Waals surface area contributed by atoms with Crippen LogP contribution < -0.4 is 10.0 Å². The lowest BCUT2D eigenvalue weighted by atomic mass is 10.2. The molecule has 1 aromatic rings. The van der Waals surface area contributed by atoms with Crippen LogP contribution in [0, 0.1) is 6.92 Å². The Hall–Kier alpha value is -1.11. The molecular formula is C11H15ClN2O3S. The Morgan fingerprint density at radius 2 is 2.06 bits per heavy atom. The maximum atomic E-state index is 11.6. The van der Waals surface area contributed by atoms with Gasteiger partial charge >= 0.3 is 0 Å². The van der Waals surface area contributed by atoms with Gasteiger partial charge in [0.05, 0.1) is 12.3 Å². The first-order chi connectivity index (χ1) is 8.35. The molecule has 0 heterocycles. The van der Waals surface area contributed by atoms with Gasteiger partial charge in [-0.25, -0.2) is 13.1 Å². The molecule has 0 bridgehead atoms. The molecule has 0 saturated carbocycles. The van der Waals surface area contributed by atoms with Gasteiger partial charge in [0.2, 0.25) is 15.9 Å². The highest BCUT2D eigenvalue weighted by atomic mass is 35.5. The summed E-state index contributed by atoms with van der Waals surface area (Å²) >= 11 is 5.91. The van der Waals surface area contributed by atoms with Crippen molar-refractivity contribution in [3.8, 4) is 0 Å². The molecule has 0 aromatic heterocycles. The van der Waals surface area contributed by atoms with Crippen LogP contribution in [0.1, 0.15) is 12.5 Å². The summed E-state index contributed by atoms with van der Waals surface area (Å²) in [6, 6.07) is 5.13. The molecule has 1 amide bonds. The molecule has 100 valence electrons. The van der Waals surface area contributed by atoms with Crippen LogP contribution in [0.5, 0.6) is 0 Å². The van der Waals surface area contributed by atoms with Crippen molar-refractivity contribution in [2.75, 3.05) is 17.6 Å². The van der Waals surface area contributed by atoms with Gasteiger partial charge < -0.3 is 5.32 Å². The minimum Gasteiger partial charge on any atom is -0.325 e. The molecule has 0 aliphatic heterocycles. The Morgan fingerprint density at radius 3 is 2.67 bits per heavy atom. The highest BCUT2D eigenvalue weighted by Crippen LogP contribution is 2.22. The van der Waals surface area contributed by atoms with E-state index in [1.807, 2.05) is 0 Å². The van der Waals surface area contributed by atoms with Gasteiger partial charge in [0.1, 0.15) is 0 Å². The summed E-state index contributed by atoms with van der Waals surface area (Å²) < 4.78 is 24.5. The second-order valence-electron chi connectivity index (χ2n) is 3.69. The average Bonchev–Trinajstić information content (AvgIpc) is 2.33. The summed E-state index contributed by atoms with van der Waals surface area (Å²) in [4.78, 5) is 11.6. The number of halogens is 1. The molecule has 0 saturated heterocycles. The SMILES string of the molecule is CCS(=O)(=O)NCC(=O)Nc1cccc(Cl)c1C. The molecule has 0 fully saturated rings. The van der Waals surface area contributed by atoms with Crippen molar-refractivity contribution in [3.63, 3.8) is 0 Å². The summed E-state index contributed by atoms with van der Waals surface area (Å²) in [5.74, 6) is -0.492. The molecule has 0 aliphatic rings. The summed E-state index contributed by atoms with van der Waals surface area (Å²) in [6.07, 6.45) is 0. The molecule has 5 nitrogen and oxygen atoms in total. The van der Waals surface area contributed by atoms with E-state index >= 15 is 0 Å². The summed E-state index contributed by atoms with van der Waals surface area (Å²) in [5.41, 5.74) is 1.31. The van der Waals surface area contributed by atoms with Crippen molar-refractivity contribution in [1.82, 2.24) is 4.72 Å². The lowest BCUT2D eigenvalue weighted by Crippen LogP contribution is -2.33. The molecule has 7 heteroatoms. The van der Waals surface area contributed by atoms with Gasteiger partial charge in [0.15, 0.2) is 0 Å². The molecule has 0 aliphatic carbocycles. The smallest absolute Gasteiger partial charge is 0.239 e. The first kappa shape index (κ1) is 14.9. The fourth-order valence-electron chi connectivity index (χ4n) is 1.21. The lowest BCUT2D eigenvalue weighted by molar-refractivity contribution is -0.115. The van der Waals surface area contributed by atoms with E-state index in [0.29, 0.717) is 10.7 Å². The van der Waals surface area contributed by atoms with E-state index < -0.39 is 15.9 Å². The summed E-state index contributed by atoms with van der Waals surface area (Å²) in [7, 11) is -3.36. The molecule has 1 aromatic carbocycles. The van der Waals surface area contributed by atoms with Crippen LogP contribution >= 0.6 is 11.6 Å². The van der Waals surface area contributed by atoms with Crippen molar-refractivity contribution < 1.29 is 13.2 Å². The first-order valence-corrected chi connectivity index (χ1v) is 7.41. The van der Waals surface area contributed by atoms with Crippen molar-refractivity contribution in [2.24, 2.45) is 0 Å². The molecule has 1 rings (SSSR count). The summed E-state index contributed by atoms with van der Waals surface area (Å²) in [5, 5.41) is 3.14. The Morgan fingerprint density at radius 1 is 1.39 bits per heavy atom. The number of carbonyl (C=O) groups excluding carboxylic acids is 1. The van der Waals surface area contributed by atoms with Gasteiger partial charge in [0.25, 0.3) is 0 Å². The van der Waals surface area contributed by atoms with Crippen molar-refractivity contribution in [2.45, 2.75) is 13.8 Å². The molecule has 2 N–H and O–H groups in total. The molecule has 0 spiro atoms. The number of benzene rings is 1. The largest absolute Gasteiger partial charge is 0.325 e. The van der Waals surface area contributed by atoms with Gasteiger partial charge in [0, 0.05) is 10.7 Å². The lowest BCUT2D eigenvalue weighted by Gasteiger charge is -2.09. The van der Waals surface area contributed by atoms with Crippen molar-refractivity contribution in [1.29, 1.82) is 0 Å². The predicted molar refractivity (Wildman–Crippen MR) is 72.3 cm³/mol. The zero-order chi connectivity index (χ0) is 13.8. The highest BCUT2D eigenvalue weighted by molar-refractivity contribution is 7.89. The molecule has 0 unspecified atom stereocenters. The maximum Gasteiger partial charge on any atom is 0.239 e. The number of rotatable bonds is 5. The van der Waals surface area contributed by atoms with Crippen LogP contribution in [0.25, 0.3) is 0 Å². The standard InChI is InChI=1S/C11H15ClN2O3S/c1-3-18(16,17)13-7-11(15)14-10-6-4-5-9(12)8(10)2/h4-6,13H,3,7H2,1-2H3,(H,14,15).